The number of hydrogen-bond donors (Lipinski definition) is 2. The van der Waals surface area contributed by atoms with Crippen LogP contribution < -0.4 is 10.2 Å². The molecule has 1 aromatic carbocycles. The number of nitrogens with one attached hydrogen (secondary N) is 1. The van der Waals surface area contributed by atoms with Crippen LogP contribution >= 0.6 is 0 Å². The van der Waals surface area contributed by atoms with Crippen molar-refractivity contribution in [1.82, 2.24) is 9.55 Å². The fraction of sp³-hybridized carbons (Fsp3) is 0.444. The molecule has 0 saturated carbocycles. The van der Waals surface area contributed by atoms with Crippen LogP contribution in [0.25, 0.3) is 0 Å². The largest absolute Gasteiger partial charge is 0.425 e. The van der Waals surface area contributed by atoms with Gasteiger partial charge in [-0.15, -0.1) is 0 Å². The van der Waals surface area contributed by atoms with Crippen LogP contribution in [0.3, 0.4) is 0 Å². The summed E-state index contributed by atoms with van der Waals surface area (Å²) in [7, 11) is 1.33. The lowest BCUT2D eigenvalue weighted by Gasteiger charge is -2.29. The van der Waals surface area contributed by atoms with Gasteiger partial charge in [-0.1, -0.05) is 12.1 Å². The van der Waals surface area contributed by atoms with Gasteiger partial charge in [0.2, 0.25) is 11.5 Å². The van der Waals surface area contributed by atoms with Crippen LogP contribution in [0.4, 0.5) is 24.5 Å². The average Bonchev–Trinajstić information content (AvgIpc) is 3.25. The van der Waals surface area contributed by atoms with Crippen molar-refractivity contribution in [2.75, 3.05) is 23.3 Å². The first-order valence-electron chi connectivity index (χ1n) is 8.63. The fourth-order valence-electron chi connectivity index (χ4n) is 3.31. The summed E-state index contributed by atoms with van der Waals surface area (Å²) >= 11 is 0. The van der Waals surface area contributed by atoms with E-state index in [1.54, 1.807) is 12.1 Å². The Morgan fingerprint density at radius 1 is 1.26 bits per heavy atom. The molecule has 1 aliphatic heterocycles. The number of amides is 1. The van der Waals surface area contributed by atoms with Crippen molar-refractivity contribution in [3.63, 3.8) is 0 Å². The first-order valence-corrected chi connectivity index (χ1v) is 8.63. The Morgan fingerprint density at radius 3 is 2.52 bits per heavy atom. The summed E-state index contributed by atoms with van der Waals surface area (Å²) in [6, 6.07) is 6.96. The molecule has 0 bridgehead atoms. The molecular weight excluding hydrogens is 361 g/mol. The molecule has 1 fully saturated rings. The first-order chi connectivity index (χ1) is 12.7. The van der Waals surface area contributed by atoms with Crippen LogP contribution in [0.15, 0.2) is 36.7 Å². The van der Waals surface area contributed by atoms with Crippen LogP contribution in [-0.2, 0) is 17.4 Å². The summed E-state index contributed by atoms with van der Waals surface area (Å²) in [5.74, 6) is -1.57. The highest BCUT2D eigenvalue weighted by Gasteiger charge is 2.58. The average molecular weight is 382 g/mol. The van der Waals surface area contributed by atoms with E-state index in [1.165, 1.54) is 13.2 Å². The fourth-order valence-corrected chi connectivity index (χ4v) is 3.31. The van der Waals surface area contributed by atoms with E-state index in [-0.39, 0.29) is 0 Å². The van der Waals surface area contributed by atoms with Gasteiger partial charge in [0.25, 0.3) is 0 Å². The molecule has 1 aromatic heterocycles. The number of alkyl halides is 3. The van der Waals surface area contributed by atoms with Gasteiger partial charge in [-0.2, -0.15) is 13.2 Å². The number of nitrogens with zero attached hydrogens (tertiary/aromatic N) is 3. The van der Waals surface area contributed by atoms with E-state index in [1.807, 2.05) is 12.1 Å². The number of halogens is 3. The predicted octanol–water partition coefficient (Wildman–Crippen LogP) is 2.80. The van der Waals surface area contributed by atoms with Gasteiger partial charge in [0.05, 0.1) is 17.8 Å². The quantitative estimate of drug-likeness (QED) is 0.834. The summed E-state index contributed by atoms with van der Waals surface area (Å²) in [6.07, 6.45) is -1.77. The number of imidazole rings is 1. The minimum Gasteiger partial charge on any atom is -0.374 e. The summed E-state index contributed by atoms with van der Waals surface area (Å²) in [6.45, 7) is 1.65. The maximum absolute atomic E-state index is 13.6. The molecule has 1 amide bonds. The zero-order chi connectivity index (χ0) is 19.7. The number of anilines is 2. The van der Waals surface area contributed by atoms with Gasteiger partial charge in [0, 0.05) is 32.5 Å². The zero-order valence-electron chi connectivity index (χ0n) is 14.8. The van der Waals surface area contributed by atoms with E-state index in [0.29, 0.717) is 5.69 Å². The lowest BCUT2D eigenvalue weighted by molar-refractivity contribution is -0.270. The molecule has 0 radical (unpaired) electrons. The molecule has 27 heavy (non-hydrogen) atoms. The summed E-state index contributed by atoms with van der Waals surface area (Å²) in [4.78, 5) is 18.1. The SMILES string of the molecule is Cn1ccnc1C(O)(CC(=O)Nc1ccccc1N1CCCC1)C(F)(F)F. The molecule has 2 aromatic rings. The summed E-state index contributed by atoms with van der Waals surface area (Å²) in [5.41, 5.74) is -2.19. The second-order valence-corrected chi connectivity index (χ2v) is 6.66. The molecule has 1 atom stereocenters. The van der Waals surface area contributed by atoms with E-state index < -0.39 is 29.9 Å². The summed E-state index contributed by atoms with van der Waals surface area (Å²) in [5, 5.41) is 12.9. The Balaban J connectivity index is 1.83. The zero-order valence-corrected chi connectivity index (χ0v) is 14.8. The number of carbonyl (C=O) groups excluding carboxylic acids is 1. The Hall–Kier alpha value is -2.55. The minimum atomic E-state index is -5.06. The van der Waals surface area contributed by atoms with E-state index in [4.69, 9.17) is 0 Å². The number of rotatable bonds is 5. The van der Waals surface area contributed by atoms with Crippen LogP contribution in [0.1, 0.15) is 25.1 Å². The van der Waals surface area contributed by atoms with Crippen LogP contribution in [0.5, 0.6) is 0 Å². The number of carbonyl (C=O) groups is 1. The first kappa shape index (κ1) is 19.2. The van der Waals surface area contributed by atoms with Gasteiger partial charge < -0.3 is 19.9 Å². The van der Waals surface area contributed by atoms with Gasteiger partial charge in [-0.05, 0) is 25.0 Å². The molecule has 2 N–H and O–H groups in total. The highest BCUT2D eigenvalue weighted by molar-refractivity contribution is 5.95. The van der Waals surface area contributed by atoms with Gasteiger partial charge in [-0.25, -0.2) is 4.98 Å². The van der Waals surface area contributed by atoms with Gasteiger partial charge in [-0.3, -0.25) is 4.79 Å². The van der Waals surface area contributed by atoms with Crippen molar-refractivity contribution in [1.29, 1.82) is 0 Å². The van der Waals surface area contributed by atoms with E-state index in [9.17, 15) is 23.1 Å². The van der Waals surface area contributed by atoms with E-state index in [2.05, 4.69) is 15.2 Å². The van der Waals surface area contributed by atoms with Gasteiger partial charge in [0.15, 0.2) is 5.82 Å². The third-order valence-electron chi connectivity index (χ3n) is 4.70. The van der Waals surface area contributed by atoms with Crippen LogP contribution in [-0.4, -0.2) is 39.8 Å². The van der Waals surface area contributed by atoms with Crippen LogP contribution in [0.2, 0.25) is 0 Å². The number of aliphatic hydroxyl groups is 1. The second kappa shape index (κ2) is 7.22. The molecule has 1 unspecified atom stereocenters. The van der Waals surface area contributed by atoms with Crippen molar-refractivity contribution < 1.29 is 23.1 Å². The number of para-hydroxylation sites is 2. The summed E-state index contributed by atoms with van der Waals surface area (Å²) < 4.78 is 41.8. The normalized spacial score (nSPS) is 17.0. The molecule has 6 nitrogen and oxygen atoms in total. The maximum atomic E-state index is 13.6. The molecule has 0 aliphatic carbocycles. The third-order valence-corrected chi connectivity index (χ3v) is 4.70. The highest BCUT2D eigenvalue weighted by Crippen LogP contribution is 2.41. The Kier molecular flexibility index (Phi) is 5.14. The molecular formula is C18H21F3N4O2. The lowest BCUT2D eigenvalue weighted by Crippen LogP contribution is -2.46. The molecule has 146 valence electrons. The molecule has 3 rings (SSSR count). The van der Waals surface area contributed by atoms with Crippen molar-refractivity contribution in [3.05, 3.63) is 42.5 Å². The van der Waals surface area contributed by atoms with Gasteiger partial charge >= 0.3 is 6.18 Å². The van der Waals surface area contributed by atoms with Crippen LogP contribution in [0, 0.1) is 0 Å². The van der Waals surface area contributed by atoms with E-state index in [0.717, 1.165) is 42.4 Å². The molecule has 1 saturated heterocycles. The second-order valence-electron chi connectivity index (χ2n) is 6.66. The van der Waals surface area contributed by atoms with Crippen molar-refractivity contribution in [2.24, 2.45) is 7.05 Å². The highest BCUT2D eigenvalue weighted by atomic mass is 19.4. The number of benzene rings is 1. The Morgan fingerprint density at radius 2 is 1.93 bits per heavy atom. The topological polar surface area (TPSA) is 70.4 Å². The van der Waals surface area contributed by atoms with Crippen molar-refractivity contribution in [3.8, 4) is 0 Å². The molecule has 1 aliphatic rings. The lowest BCUT2D eigenvalue weighted by atomic mass is 9.97. The smallest absolute Gasteiger partial charge is 0.374 e. The third kappa shape index (κ3) is 3.78. The number of aromatic nitrogens is 2. The van der Waals surface area contributed by atoms with Crippen molar-refractivity contribution in [2.45, 2.75) is 31.0 Å². The standard InChI is InChI=1S/C18H21F3N4O2/c1-24-11-8-22-16(24)17(27,18(19,20)21)12-15(26)23-13-6-2-3-7-14(13)25-9-4-5-10-25/h2-3,6-8,11,27H,4-5,9-10,12H2,1H3,(H,23,26). The molecule has 0 spiro atoms. The molecule has 2 heterocycles. The Bertz CT molecular complexity index is 815. The molecule has 9 heteroatoms. The Labute approximate surface area is 154 Å². The number of aryl methyl sites for hydroxylation is 1. The number of hydrogen-bond acceptors (Lipinski definition) is 4. The minimum absolute atomic E-state index is 0.425. The van der Waals surface area contributed by atoms with E-state index >= 15 is 0 Å². The predicted molar refractivity (Wildman–Crippen MR) is 94.3 cm³/mol. The maximum Gasteiger partial charge on any atom is 0.425 e. The van der Waals surface area contributed by atoms with Crippen molar-refractivity contribution >= 4 is 17.3 Å². The monoisotopic (exact) mass is 382 g/mol. The van der Waals surface area contributed by atoms with Gasteiger partial charge in [0.1, 0.15) is 0 Å².